The van der Waals surface area contributed by atoms with Gasteiger partial charge in [-0.05, 0) is 31.3 Å². The first-order valence-corrected chi connectivity index (χ1v) is 7.65. The minimum atomic E-state index is -0.349. The van der Waals surface area contributed by atoms with Crippen LogP contribution in [0.15, 0.2) is 11.4 Å². The molecule has 0 saturated heterocycles. The number of thiophene rings is 1. The zero-order chi connectivity index (χ0) is 14.5. The zero-order valence-electron chi connectivity index (χ0n) is 11.5. The molecule has 5 nitrogen and oxygen atoms in total. The van der Waals surface area contributed by atoms with Crippen LogP contribution in [0.2, 0.25) is 0 Å². The summed E-state index contributed by atoms with van der Waals surface area (Å²) >= 11 is 1.34. The maximum atomic E-state index is 12.0. The Balaban J connectivity index is 1.89. The number of hydrogen-bond acceptors (Lipinski definition) is 5. The van der Waals surface area contributed by atoms with Crippen molar-refractivity contribution in [2.75, 3.05) is 18.9 Å². The number of nitrogens with one attached hydrogen (secondary N) is 1. The number of likely N-dealkylation sites (N-methyl/N-ethyl adjacent to an activating group) is 1. The van der Waals surface area contributed by atoms with Gasteiger partial charge in [-0.3, -0.25) is 9.69 Å². The van der Waals surface area contributed by atoms with Crippen LogP contribution < -0.4 is 5.32 Å². The minimum Gasteiger partial charge on any atom is -0.391 e. The average Bonchev–Trinajstić information content (AvgIpc) is 2.86. The van der Waals surface area contributed by atoms with Crippen LogP contribution in [0, 0.1) is 11.3 Å². The third-order valence-corrected chi connectivity index (χ3v) is 4.52. The van der Waals surface area contributed by atoms with Crippen molar-refractivity contribution >= 4 is 22.2 Å². The molecular weight excluding hydrogens is 274 g/mol. The quantitative estimate of drug-likeness (QED) is 0.887. The molecule has 108 valence electrons. The Morgan fingerprint density at radius 3 is 3.05 bits per heavy atom. The fraction of sp³-hybridized carbons (Fsp3) is 0.571. The van der Waals surface area contributed by atoms with Crippen LogP contribution in [0.4, 0.5) is 5.00 Å². The number of nitriles is 1. The van der Waals surface area contributed by atoms with Crippen molar-refractivity contribution in [1.29, 1.82) is 5.26 Å². The van der Waals surface area contributed by atoms with E-state index in [9.17, 15) is 9.90 Å². The summed E-state index contributed by atoms with van der Waals surface area (Å²) in [6, 6.07) is 3.79. The lowest BCUT2D eigenvalue weighted by atomic mass is 9.91. The first-order valence-electron chi connectivity index (χ1n) is 6.77. The lowest BCUT2D eigenvalue weighted by Crippen LogP contribution is -2.46. The summed E-state index contributed by atoms with van der Waals surface area (Å²) in [6.07, 6.45) is 3.53. The van der Waals surface area contributed by atoms with E-state index in [-0.39, 0.29) is 24.6 Å². The van der Waals surface area contributed by atoms with Gasteiger partial charge in [0.2, 0.25) is 5.91 Å². The Kier molecular flexibility index (Phi) is 5.12. The Morgan fingerprint density at radius 2 is 2.35 bits per heavy atom. The highest BCUT2D eigenvalue weighted by molar-refractivity contribution is 7.14. The summed E-state index contributed by atoms with van der Waals surface area (Å²) in [5.74, 6) is -0.149. The number of aliphatic hydroxyl groups excluding tert-OH is 1. The summed E-state index contributed by atoms with van der Waals surface area (Å²) in [4.78, 5) is 13.9. The van der Waals surface area contributed by atoms with Gasteiger partial charge in [0.15, 0.2) is 0 Å². The summed E-state index contributed by atoms with van der Waals surface area (Å²) in [5.41, 5.74) is 0.490. The van der Waals surface area contributed by atoms with Crippen molar-refractivity contribution in [3.8, 4) is 6.07 Å². The number of carbonyl (C=O) groups excluding carboxylic acids is 1. The Bertz CT molecular complexity index is 509. The van der Waals surface area contributed by atoms with Crippen molar-refractivity contribution in [3.63, 3.8) is 0 Å². The third kappa shape index (κ3) is 3.57. The summed E-state index contributed by atoms with van der Waals surface area (Å²) in [6.45, 7) is 0.227. The molecular formula is C14H19N3O2S. The van der Waals surface area contributed by atoms with Gasteiger partial charge in [-0.2, -0.15) is 5.26 Å². The Labute approximate surface area is 122 Å². The van der Waals surface area contributed by atoms with Gasteiger partial charge in [-0.25, -0.2) is 0 Å². The summed E-state index contributed by atoms with van der Waals surface area (Å²) in [7, 11) is 1.86. The highest BCUT2D eigenvalue weighted by Crippen LogP contribution is 2.24. The number of carbonyl (C=O) groups is 1. The van der Waals surface area contributed by atoms with Gasteiger partial charge in [0.05, 0.1) is 18.2 Å². The van der Waals surface area contributed by atoms with Gasteiger partial charge < -0.3 is 10.4 Å². The molecule has 0 aromatic carbocycles. The van der Waals surface area contributed by atoms with Crippen molar-refractivity contribution in [3.05, 3.63) is 17.0 Å². The first-order chi connectivity index (χ1) is 9.61. The van der Waals surface area contributed by atoms with E-state index in [1.807, 2.05) is 18.0 Å². The van der Waals surface area contributed by atoms with Crippen molar-refractivity contribution in [2.24, 2.45) is 0 Å². The van der Waals surface area contributed by atoms with Crippen LogP contribution in [0.1, 0.15) is 31.2 Å². The molecule has 1 saturated carbocycles. The number of hydrogen-bond donors (Lipinski definition) is 2. The number of amides is 1. The van der Waals surface area contributed by atoms with Crippen LogP contribution in [0.25, 0.3) is 0 Å². The molecule has 2 atom stereocenters. The topological polar surface area (TPSA) is 76.4 Å². The third-order valence-electron chi connectivity index (χ3n) is 3.69. The van der Waals surface area contributed by atoms with Crippen molar-refractivity contribution in [2.45, 2.75) is 37.8 Å². The molecule has 1 aromatic heterocycles. The van der Waals surface area contributed by atoms with E-state index >= 15 is 0 Å². The first kappa shape index (κ1) is 15.0. The van der Waals surface area contributed by atoms with Gasteiger partial charge in [-0.1, -0.05) is 12.8 Å². The number of nitrogens with zero attached hydrogens (tertiary/aromatic N) is 2. The Morgan fingerprint density at radius 1 is 1.60 bits per heavy atom. The van der Waals surface area contributed by atoms with E-state index in [0.29, 0.717) is 10.6 Å². The molecule has 1 fully saturated rings. The van der Waals surface area contributed by atoms with Crippen LogP contribution in [-0.4, -0.2) is 41.7 Å². The standard InChI is InChI=1S/C14H19N3O2S/c1-17(11-4-2-3-5-12(11)18)9-13(19)16-14-10(8-15)6-7-20-14/h6-7,11-12,18H,2-5,9H2,1H3,(H,16,19). The van der Waals surface area contributed by atoms with E-state index in [4.69, 9.17) is 5.26 Å². The smallest absolute Gasteiger partial charge is 0.239 e. The lowest BCUT2D eigenvalue weighted by molar-refractivity contribution is -0.118. The average molecular weight is 293 g/mol. The monoisotopic (exact) mass is 293 g/mol. The van der Waals surface area contributed by atoms with Gasteiger partial charge in [0.1, 0.15) is 11.1 Å². The molecule has 0 aliphatic heterocycles. The van der Waals surface area contributed by atoms with Gasteiger partial charge in [-0.15, -0.1) is 11.3 Å². The normalized spacial score (nSPS) is 22.5. The molecule has 1 aliphatic carbocycles. The van der Waals surface area contributed by atoms with E-state index in [0.717, 1.165) is 25.7 Å². The summed E-state index contributed by atoms with van der Waals surface area (Å²) in [5, 5.41) is 24.0. The Hall–Kier alpha value is -1.42. The molecule has 2 N–H and O–H groups in total. The predicted molar refractivity (Wildman–Crippen MR) is 78.6 cm³/mol. The second-order valence-electron chi connectivity index (χ2n) is 5.16. The fourth-order valence-electron chi connectivity index (χ4n) is 2.61. The van der Waals surface area contributed by atoms with Gasteiger partial charge >= 0.3 is 0 Å². The fourth-order valence-corrected chi connectivity index (χ4v) is 3.36. The van der Waals surface area contributed by atoms with Crippen molar-refractivity contribution < 1.29 is 9.90 Å². The van der Waals surface area contributed by atoms with E-state index in [1.165, 1.54) is 11.3 Å². The maximum Gasteiger partial charge on any atom is 0.239 e. The zero-order valence-corrected chi connectivity index (χ0v) is 12.3. The molecule has 0 bridgehead atoms. The molecule has 1 aromatic rings. The molecule has 20 heavy (non-hydrogen) atoms. The second kappa shape index (κ2) is 6.84. The maximum absolute atomic E-state index is 12.0. The number of aliphatic hydroxyl groups is 1. The van der Waals surface area contributed by atoms with E-state index < -0.39 is 0 Å². The van der Waals surface area contributed by atoms with Gasteiger partial charge in [0, 0.05) is 6.04 Å². The van der Waals surface area contributed by atoms with Crippen LogP contribution >= 0.6 is 11.3 Å². The van der Waals surface area contributed by atoms with Crippen LogP contribution in [0.3, 0.4) is 0 Å². The molecule has 6 heteroatoms. The molecule has 0 radical (unpaired) electrons. The predicted octanol–water partition coefficient (Wildman–Crippen LogP) is 1.79. The van der Waals surface area contributed by atoms with Gasteiger partial charge in [0.25, 0.3) is 0 Å². The highest BCUT2D eigenvalue weighted by atomic mass is 32.1. The minimum absolute atomic E-state index is 0.0493. The molecule has 1 amide bonds. The molecule has 1 heterocycles. The summed E-state index contributed by atoms with van der Waals surface area (Å²) < 4.78 is 0. The molecule has 0 spiro atoms. The molecule has 2 unspecified atom stereocenters. The highest BCUT2D eigenvalue weighted by Gasteiger charge is 2.27. The van der Waals surface area contributed by atoms with E-state index in [1.54, 1.807) is 11.4 Å². The number of rotatable bonds is 4. The molecule has 1 aliphatic rings. The largest absolute Gasteiger partial charge is 0.391 e. The second-order valence-corrected chi connectivity index (χ2v) is 6.07. The van der Waals surface area contributed by atoms with E-state index in [2.05, 4.69) is 5.32 Å². The molecule has 2 rings (SSSR count). The van der Waals surface area contributed by atoms with Crippen LogP contribution in [-0.2, 0) is 4.79 Å². The SMILES string of the molecule is CN(CC(=O)Nc1sccc1C#N)C1CCCCC1O. The number of anilines is 1. The van der Waals surface area contributed by atoms with Crippen molar-refractivity contribution in [1.82, 2.24) is 4.90 Å². The van der Waals surface area contributed by atoms with Crippen LogP contribution in [0.5, 0.6) is 0 Å². The lowest BCUT2D eigenvalue weighted by Gasteiger charge is -2.34.